The number of nitrogens with zero attached hydrogens (tertiary/aromatic N) is 4. The molecule has 0 spiro atoms. The zero-order chi connectivity index (χ0) is 28.2. The van der Waals surface area contributed by atoms with Crippen molar-refractivity contribution in [1.82, 2.24) is 29.5 Å². The van der Waals surface area contributed by atoms with E-state index in [4.69, 9.17) is 11.6 Å². The van der Waals surface area contributed by atoms with E-state index in [0.29, 0.717) is 53.0 Å². The number of halogens is 4. The van der Waals surface area contributed by atoms with Crippen molar-refractivity contribution < 1.29 is 22.8 Å². The van der Waals surface area contributed by atoms with Gasteiger partial charge in [-0.2, -0.15) is 18.3 Å². The van der Waals surface area contributed by atoms with Crippen molar-refractivity contribution in [1.29, 1.82) is 0 Å². The molecule has 0 saturated carbocycles. The molecule has 2 aromatic heterocycles. The highest BCUT2D eigenvalue weighted by Crippen LogP contribution is 2.35. The molecule has 6 rings (SSSR count). The molecule has 1 atom stereocenters. The number of benzene rings is 2. The van der Waals surface area contributed by atoms with Gasteiger partial charge in [0, 0.05) is 37.5 Å². The number of para-hydroxylation sites is 2. The maximum absolute atomic E-state index is 13.5. The fraction of sp³-hybridized carbons (Fsp3) is 0.407. The Morgan fingerprint density at radius 2 is 1.90 bits per heavy atom. The number of amides is 2. The number of piperidine rings is 1. The van der Waals surface area contributed by atoms with Gasteiger partial charge in [0.25, 0.3) is 0 Å². The summed E-state index contributed by atoms with van der Waals surface area (Å²) in [5.41, 5.74) is 3.01. The van der Waals surface area contributed by atoms with E-state index in [0.717, 1.165) is 15.9 Å². The van der Waals surface area contributed by atoms with Crippen molar-refractivity contribution in [3.8, 4) is 0 Å². The number of alkyl halides is 3. The number of nitrogens with one attached hydrogen (secondary N) is 2. The van der Waals surface area contributed by atoms with Gasteiger partial charge in [-0.05, 0) is 48.6 Å². The average Bonchev–Trinajstić information content (AvgIpc) is 3.50. The van der Waals surface area contributed by atoms with Crippen molar-refractivity contribution in [2.75, 3.05) is 19.6 Å². The number of aromatic nitrogens is 4. The lowest BCUT2D eigenvalue weighted by Crippen LogP contribution is -2.44. The van der Waals surface area contributed by atoms with E-state index < -0.39 is 24.5 Å². The third-order valence-corrected chi connectivity index (χ3v) is 8.26. The molecule has 1 saturated heterocycles. The standard InChI is InChI=1S/C27H26ClF3N6O3/c28-20-10-15-9-16(25(39)36(14-27(29,30)31)13-19(15)18-12-32-34-24(18)20)11-23(38)35-7-5-17(6-8-35)37-22-4-2-1-3-21(22)33-26(37)40/h1-4,10,12,16-17H,5-9,11,13-14H2,(H,32,34)(H,33,40). The molecule has 2 aromatic carbocycles. The molecular formula is C27H26ClF3N6O3. The van der Waals surface area contributed by atoms with Gasteiger partial charge in [0.15, 0.2) is 0 Å². The smallest absolute Gasteiger partial charge is 0.343 e. The quantitative estimate of drug-likeness (QED) is 0.381. The van der Waals surface area contributed by atoms with E-state index >= 15 is 0 Å². The maximum Gasteiger partial charge on any atom is 0.406 e. The summed E-state index contributed by atoms with van der Waals surface area (Å²) in [5.74, 6) is -1.98. The Kier molecular flexibility index (Phi) is 6.60. The van der Waals surface area contributed by atoms with E-state index in [-0.39, 0.29) is 37.0 Å². The third kappa shape index (κ3) is 4.85. The van der Waals surface area contributed by atoms with Gasteiger partial charge in [0.1, 0.15) is 6.54 Å². The number of likely N-dealkylation sites (tertiary alicyclic amines) is 1. The van der Waals surface area contributed by atoms with Gasteiger partial charge in [-0.1, -0.05) is 23.7 Å². The van der Waals surface area contributed by atoms with Crippen molar-refractivity contribution in [2.45, 2.75) is 44.4 Å². The minimum Gasteiger partial charge on any atom is -0.343 e. The van der Waals surface area contributed by atoms with E-state index in [1.807, 2.05) is 24.3 Å². The van der Waals surface area contributed by atoms with Crippen LogP contribution in [0.5, 0.6) is 0 Å². The monoisotopic (exact) mass is 574 g/mol. The van der Waals surface area contributed by atoms with Crippen molar-refractivity contribution in [2.24, 2.45) is 5.92 Å². The molecule has 0 bridgehead atoms. The van der Waals surface area contributed by atoms with Gasteiger partial charge in [0.2, 0.25) is 11.8 Å². The van der Waals surface area contributed by atoms with Crippen LogP contribution in [0.2, 0.25) is 5.02 Å². The number of carbonyl (C=O) groups excluding carboxylic acids is 2. The highest BCUT2D eigenvalue weighted by Gasteiger charge is 2.39. The molecule has 2 aliphatic heterocycles. The van der Waals surface area contributed by atoms with Gasteiger partial charge < -0.3 is 14.8 Å². The second-order valence-corrected chi connectivity index (χ2v) is 10.9. The van der Waals surface area contributed by atoms with Crippen LogP contribution in [0, 0.1) is 5.92 Å². The van der Waals surface area contributed by atoms with Crippen LogP contribution in [-0.4, -0.2) is 67.2 Å². The molecule has 9 nitrogen and oxygen atoms in total. The van der Waals surface area contributed by atoms with Crippen LogP contribution in [0.4, 0.5) is 13.2 Å². The first-order valence-corrected chi connectivity index (χ1v) is 13.4. The molecule has 2 N–H and O–H groups in total. The van der Waals surface area contributed by atoms with Crippen LogP contribution < -0.4 is 5.69 Å². The largest absolute Gasteiger partial charge is 0.406 e. The summed E-state index contributed by atoms with van der Waals surface area (Å²) in [6, 6.07) is 8.96. The number of fused-ring (bicyclic) bond motifs is 4. The number of H-pyrrole nitrogens is 2. The summed E-state index contributed by atoms with van der Waals surface area (Å²) >= 11 is 6.40. The Morgan fingerprint density at radius 1 is 1.15 bits per heavy atom. The van der Waals surface area contributed by atoms with E-state index in [1.54, 1.807) is 15.5 Å². The number of carbonyl (C=O) groups is 2. The molecule has 1 unspecified atom stereocenters. The topological polar surface area (TPSA) is 107 Å². The molecule has 4 heterocycles. The average molecular weight is 575 g/mol. The maximum atomic E-state index is 13.5. The highest BCUT2D eigenvalue weighted by molar-refractivity contribution is 6.35. The Bertz CT molecular complexity index is 1670. The predicted octanol–water partition coefficient (Wildman–Crippen LogP) is 4.18. The van der Waals surface area contributed by atoms with Gasteiger partial charge in [-0.25, -0.2) is 4.79 Å². The Balaban J connectivity index is 1.21. The summed E-state index contributed by atoms with van der Waals surface area (Å²) in [4.78, 5) is 44.6. The summed E-state index contributed by atoms with van der Waals surface area (Å²) in [5, 5.41) is 7.64. The Labute approximate surface area is 230 Å². The number of hydrogen-bond acceptors (Lipinski definition) is 4. The minimum absolute atomic E-state index is 0.0936. The zero-order valence-corrected chi connectivity index (χ0v) is 22.1. The van der Waals surface area contributed by atoms with Crippen molar-refractivity contribution in [3.05, 3.63) is 63.2 Å². The van der Waals surface area contributed by atoms with Gasteiger partial charge in [-0.15, -0.1) is 0 Å². The molecule has 0 aliphatic carbocycles. The van der Waals surface area contributed by atoms with Crippen molar-refractivity contribution in [3.63, 3.8) is 0 Å². The van der Waals surface area contributed by atoms with Crippen molar-refractivity contribution >= 4 is 45.4 Å². The molecule has 210 valence electrons. The van der Waals surface area contributed by atoms with Crippen LogP contribution in [0.15, 0.2) is 41.3 Å². The zero-order valence-electron chi connectivity index (χ0n) is 21.3. The summed E-state index contributed by atoms with van der Waals surface area (Å²) in [6.07, 6.45) is -2.14. The van der Waals surface area contributed by atoms with Crippen LogP contribution >= 0.6 is 11.6 Å². The van der Waals surface area contributed by atoms with Crippen LogP contribution in [0.1, 0.15) is 36.4 Å². The van der Waals surface area contributed by atoms with Crippen LogP contribution in [-0.2, 0) is 22.6 Å². The fourth-order valence-corrected chi connectivity index (χ4v) is 6.37. The van der Waals surface area contributed by atoms with E-state index in [2.05, 4.69) is 15.2 Å². The van der Waals surface area contributed by atoms with Crippen LogP contribution in [0.3, 0.4) is 0 Å². The second-order valence-electron chi connectivity index (χ2n) is 10.5. The first kappa shape index (κ1) is 26.4. The lowest BCUT2D eigenvalue weighted by molar-refractivity contribution is -0.165. The first-order chi connectivity index (χ1) is 19.1. The van der Waals surface area contributed by atoms with Gasteiger partial charge in [-0.3, -0.25) is 19.3 Å². The number of rotatable bonds is 4. The van der Waals surface area contributed by atoms with E-state index in [9.17, 15) is 27.6 Å². The Hall–Kier alpha value is -3.80. The summed E-state index contributed by atoms with van der Waals surface area (Å²) < 4.78 is 42.1. The number of aromatic amines is 2. The molecule has 1 fully saturated rings. The second kappa shape index (κ2) is 9.99. The molecule has 40 heavy (non-hydrogen) atoms. The molecule has 2 amide bonds. The van der Waals surface area contributed by atoms with E-state index in [1.165, 1.54) is 6.20 Å². The fourth-order valence-electron chi connectivity index (χ4n) is 6.09. The molecule has 13 heteroatoms. The highest BCUT2D eigenvalue weighted by atomic mass is 35.5. The van der Waals surface area contributed by atoms with Crippen LogP contribution in [0.25, 0.3) is 21.9 Å². The minimum atomic E-state index is -4.60. The van der Waals surface area contributed by atoms with Gasteiger partial charge >= 0.3 is 11.9 Å². The first-order valence-electron chi connectivity index (χ1n) is 13.0. The third-order valence-electron chi connectivity index (χ3n) is 7.97. The lowest BCUT2D eigenvalue weighted by Gasteiger charge is -2.33. The molecular weight excluding hydrogens is 549 g/mol. The predicted molar refractivity (Wildman–Crippen MR) is 142 cm³/mol. The SMILES string of the molecule is O=C(CC1Cc2cc(Cl)c3[nH]ncc3c2CN(CC(F)(F)F)C1=O)N1CCC(n2c(=O)[nH]c3ccccc32)CC1. The molecule has 0 radical (unpaired) electrons. The normalized spacial score (nSPS) is 18.9. The van der Waals surface area contributed by atoms with Gasteiger partial charge in [0.05, 0.1) is 33.7 Å². The lowest BCUT2D eigenvalue weighted by atomic mass is 9.92. The molecule has 4 aromatic rings. The molecule has 2 aliphatic rings. The summed E-state index contributed by atoms with van der Waals surface area (Å²) in [7, 11) is 0. The Morgan fingerprint density at radius 3 is 2.65 bits per heavy atom. The summed E-state index contributed by atoms with van der Waals surface area (Å²) in [6.45, 7) is -0.916. The number of imidazole rings is 1. The number of hydrogen-bond donors (Lipinski definition) is 2.